The second-order valence-electron chi connectivity index (χ2n) is 6.45. The molecule has 0 unspecified atom stereocenters. The minimum absolute atomic E-state index is 0.133. The van der Waals surface area contributed by atoms with E-state index in [1.54, 1.807) is 13.2 Å². The van der Waals surface area contributed by atoms with Crippen molar-refractivity contribution < 1.29 is 19.4 Å². The van der Waals surface area contributed by atoms with Crippen LogP contribution in [0, 0.1) is 5.92 Å². The summed E-state index contributed by atoms with van der Waals surface area (Å²) < 4.78 is 5.31. The molecule has 24 heavy (non-hydrogen) atoms. The van der Waals surface area contributed by atoms with Crippen LogP contribution < -0.4 is 5.32 Å². The third-order valence-electron chi connectivity index (χ3n) is 5.02. The van der Waals surface area contributed by atoms with Gasteiger partial charge in [0.05, 0.1) is 16.8 Å². The van der Waals surface area contributed by atoms with E-state index in [2.05, 4.69) is 5.32 Å². The molecule has 130 valence electrons. The van der Waals surface area contributed by atoms with E-state index in [0.29, 0.717) is 12.8 Å². The summed E-state index contributed by atoms with van der Waals surface area (Å²) in [6.45, 7) is 0. The second kappa shape index (κ2) is 6.64. The van der Waals surface area contributed by atoms with Crippen molar-refractivity contribution in [1.29, 1.82) is 0 Å². The number of hydrogen-bond acceptors (Lipinski definition) is 4. The number of halogens is 2. The topological polar surface area (TPSA) is 75.6 Å². The van der Waals surface area contributed by atoms with Crippen LogP contribution in [-0.4, -0.2) is 30.0 Å². The molecule has 2 N–H and O–H groups in total. The third kappa shape index (κ3) is 2.94. The van der Waals surface area contributed by atoms with E-state index in [9.17, 15) is 14.7 Å². The highest BCUT2D eigenvalue weighted by atomic mass is 35.5. The van der Waals surface area contributed by atoms with Crippen LogP contribution in [0.3, 0.4) is 0 Å². The molecule has 0 radical (unpaired) electrons. The van der Waals surface area contributed by atoms with Gasteiger partial charge < -0.3 is 15.2 Å². The summed E-state index contributed by atoms with van der Waals surface area (Å²) in [5.41, 5.74) is -1.49. The Morgan fingerprint density at radius 1 is 1.29 bits per heavy atom. The first-order valence-electron chi connectivity index (χ1n) is 7.94. The molecular weight excluding hydrogens is 353 g/mol. The molecule has 0 saturated heterocycles. The van der Waals surface area contributed by atoms with Crippen molar-refractivity contribution in [2.75, 3.05) is 12.4 Å². The highest BCUT2D eigenvalue weighted by molar-refractivity contribution is 6.38. The average Bonchev–Trinajstić information content (AvgIpc) is 2.83. The molecule has 2 aliphatic rings. The van der Waals surface area contributed by atoms with Crippen molar-refractivity contribution in [3.8, 4) is 0 Å². The van der Waals surface area contributed by atoms with E-state index >= 15 is 0 Å². The fourth-order valence-corrected chi connectivity index (χ4v) is 4.11. The number of ketones is 1. The van der Waals surface area contributed by atoms with Crippen LogP contribution in [0.4, 0.5) is 5.69 Å². The summed E-state index contributed by atoms with van der Waals surface area (Å²) in [5.74, 6) is -0.965. The molecule has 0 bridgehead atoms. The van der Waals surface area contributed by atoms with Crippen molar-refractivity contribution in [2.45, 2.75) is 43.8 Å². The smallest absolute Gasteiger partial charge is 0.261 e. The molecule has 1 aromatic carbocycles. The van der Waals surface area contributed by atoms with Crippen molar-refractivity contribution in [3.63, 3.8) is 0 Å². The zero-order valence-electron chi connectivity index (χ0n) is 13.3. The van der Waals surface area contributed by atoms with Crippen LogP contribution in [-0.2, 0) is 19.9 Å². The Kier molecular flexibility index (Phi) is 4.89. The molecule has 1 aromatic rings. The Hall–Kier alpha value is -1.14. The number of aliphatic hydroxyl groups is 1. The van der Waals surface area contributed by atoms with Crippen molar-refractivity contribution in [2.24, 2.45) is 5.92 Å². The van der Waals surface area contributed by atoms with E-state index < -0.39 is 11.5 Å². The Morgan fingerprint density at radius 2 is 1.92 bits per heavy atom. The number of fused-ring (bicyclic) bond motifs is 1. The standard InChI is InChI=1S/C17H19Cl2NO4/c1-24-10-4-2-9(3-5-10)13(21)8-17(23)14-11(18)6-7-12(19)15(14)20-16(17)22/h6-7,9-10,23H,2-5,8H2,1H3,(H,20,22)/t9?,10?,17-/m0/s1. The van der Waals surface area contributed by atoms with Gasteiger partial charge in [-0.25, -0.2) is 0 Å². The van der Waals surface area contributed by atoms with E-state index in [1.165, 1.54) is 6.07 Å². The highest BCUT2D eigenvalue weighted by Crippen LogP contribution is 2.46. The maximum Gasteiger partial charge on any atom is 0.261 e. The average molecular weight is 372 g/mol. The van der Waals surface area contributed by atoms with Crippen LogP contribution >= 0.6 is 23.2 Å². The van der Waals surface area contributed by atoms with Crippen molar-refractivity contribution >= 4 is 40.6 Å². The van der Waals surface area contributed by atoms with Crippen molar-refractivity contribution in [3.05, 3.63) is 27.7 Å². The predicted molar refractivity (Wildman–Crippen MR) is 91.4 cm³/mol. The van der Waals surface area contributed by atoms with E-state index in [4.69, 9.17) is 27.9 Å². The van der Waals surface area contributed by atoms with E-state index in [0.717, 1.165) is 12.8 Å². The van der Waals surface area contributed by atoms with Crippen LogP contribution in [0.15, 0.2) is 12.1 Å². The number of anilines is 1. The predicted octanol–water partition coefficient (Wildman–Crippen LogP) is 3.30. The molecular formula is C17H19Cl2NO4. The van der Waals surface area contributed by atoms with Gasteiger partial charge in [-0.2, -0.15) is 0 Å². The largest absolute Gasteiger partial charge is 0.381 e. The molecule has 1 aliphatic carbocycles. The number of carbonyl (C=O) groups is 2. The Balaban J connectivity index is 1.82. The molecule has 1 aliphatic heterocycles. The molecule has 1 heterocycles. The molecule has 1 atom stereocenters. The van der Waals surface area contributed by atoms with Crippen molar-refractivity contribution in [1.82, 2.24) is 0 Å². The molecule has 5 nitrogen and oxygen atoms in total. The fourth-order valence-electron chi connectivity index (χ4n) is 3.59. The number of rotatable bonds is 4. The summed E-state index contributed by atoms with van der Waals surface area (Å²) in [5, 5.41) is 14.0. The number of Topliss-reactive ketones (excluding diaryl/α,β-unsaturated/α-hetero) is 1. The van der Waals surface area contributed by atoms with Gasteiger partial charge in [0.2, 0.25) is 0 Å². The van der Waals surface area contributed by atoms with Gasteiger partial charge in [0, 0.05) is 30.0 Å². The molecule has 0 spiro atoms. The van der Waals surface area contributed by atoms with Gasteiger partial charge in [-0.1, -0.05) is 23.2 Å². The van der Waals surface area contributed by atoms with E-state index in [-0.39, 0.29) is 45.5 Å². The summed E-state index contributed by atoms with van der Waals surface area (Å²) in [4.78, 5) is 25.0. The molecule has 1 fully saturated rings. The quantitative estimate of drug-likeness (QED) is 0.851. The zero-order chi connectivity index (χ0) is 17.5. The van der Waals surface area contributed by atoms with Crippen LogP contribution in [0.2, 0.25) is 10.0 Å². The molecule has 1 amide bonds. The maximum atomic E-state index is 12.6. The monoisotopic (exact) mass is 371 g/mol. The second-order valence-corrected chi connectivity index (χ2v) is 7.26. The van der Waals surface area contributed by atoms with Gasteiger partial charge in [0.25, 0.3) is 5.91 Å². The van der Waals surface area contributed by atoms with Crippen LogP contribution in [0.25, 0.3) is 0 Å². The lowest BCUT2D eigenvalue weighted by atomic mass is 9.79. The third-order valence-corrected chi connectivity index (χ3v) is 5.65. The summed E-state index contributed by atoms with van der Waals surface area (Å²) in [6.07, 6.45) is 2.90. The number of methoxy groups -OCH3 is 1. The summed E-state index contributed by atoms with van der Waals surface area (Å²) >= 11 is 12.2. The first-order valence-corrected chi connectivity index (χ1v) is 8.70. The minimum atomic E-state index is -1.97. The SMILES string of the molecule is COC1CCC(C(=O)C[C@@]2(O)C(=O)Nc3c(Cl)ccc(Cl)c32)CC1. The lowest BCUT2D eigenvalue weighted by Gasteiger charge is -2.29. The molecule has 7 heteroatoms. The number of ether oxygens (including phenoxy) is 1. The van der Waals surface area contributed by atoms with E-state index in [1.807, 2.05) is 0 Å². The Morgan fingerprint density at radius 3 is 2.54 bits per heavy atom. The van der Waals surface area contributed by atoms with Gasteiger partial charge in [-0.05, 0) is 37.8 Å². The number of nitrogens with one attached hydrogen (secondary N) is 1. The molecule has 3 rings (SSSR count). The normalized spacial score (nSPS) is 29.2. The van der Waals surface area contributed by atoms with Crippen LogP contribution in [0.5, 0.6) is 0 Å². The number of hydrogen-bond donors (Lipinski definition) is 2. The minimum Gasteiger partial charge on any atom is -0.381 e. The zero-order valence-corrected chi connectivity index (χ0v) is 14.8. The number of amides is 1. The summed E-state index contributed by atoms with van der Waals surface area (Å²) in [6, 6.07) is 3.06. The van der Waals surface area contributed by atoms with Gasteiger partial charge in [-0.15, -0.1) is 0 Å². The first kappa shape index (κ1) is 17.7. The molecule has 1 saturated carbocycles. The lowest BCUT2D eigenvalue weighted by Crippen LogP contribution is -2.39. The van der Waals surface area contributed by atoms with Crippen LogP contribution in [0.1, 0.15) is 37.7 Å². The number of carbonyl (C=O) groups excluding carboxylic acids is 2. The highest BCUT2D eigenvalue weighted by Gasteiger charge is 2.49. The maximum absolute atomic E-state index is 12.6. The van der Waals surface area contributed by atoms with Gasteiger partial charge in [0.15, 0.2) is 5.60 Å². The lowest BCUT2D eigenvalue weighted by molar-refractivity contribution is -0.142. The number of benzene rings is 1. The molecule has 0 aromatic heterocycles. The fraction of sp³-hybridized carbons (Fsp3) is 0.529. The van der Waals surface area contributed by atoms with Gasteiger partial charge >= 0.3 is 0 Å². The van der Waals surface area contributed by atoms with Gasteiger partial charge in [0.1, 0.15) is 5.78 Å². The summed E-state index contributed by atoms with van der Waals surface area (Å²) in [7, 11) is 1.67. The Labute approximate surface area is 150 Å². The first-order chi connectivity index (χ1) is 11.4. The Bertz CT molecular complexity index is 685. The van der Waals surface area contributed by atoms with Gasteiger partial charge in [-0.3, -0.25) is 9.59 Å².